The highest BCUT2D eigenvalue weighted by Crippen LogP contribution is 2.29. The van der Waals surface area contributed by atoms with Gasteiger partial charge >= 0.3 is 0 Å². The summed E-state index contributed by atoms with van der Waals surface area (Å²) in [5.74, 6) is 0.0482. The summed E-state index contributed by atoms with van der Waals surface area (Å²) in [6, 6.07) is 19.6. The second-order valence-electron chi connectivity index (χ2n) is 6.89. The van der Waals surface area contributed by atoms with Gasteiger partial charge in [0.15, 0.2) is 0 Å². The van der Waals surface area contributed by atoms with Crippen LogP contribution in [0.25, 0.3) is 0 Å². The molecule has 0 bridgehead atoms. The van der Waals surface area contributed by atoms with Crippen molar-refractivity contribution in [1.29, 1.82) is 0 Å². The molecule has 0 aromatic heterocycles. The van der Waals surface area contributed by atoms with Crippen LogP contribution in [-0.4, -0.2) is 34.2 Å². The third-order valence-corrected chi connectivity index (χ3v) is 4.92. The molecule has 0 radical (unpaired) electrons. The van der Waals surface area contributed by atoms with Gasteiger partial charge in [-0.15, -0.1) is 0 Å². The van der Waals surface area contributed by atoms with Crippen LogP contribution in [0.2, 0.25) is 0 Å². The Labute approximate surface area is 155 Å². The molecule has 2 aromatic carbocycles. The van der Waals surface area contributed by atoms with Gasteiger partial charge in [0.2, 0.25) is 5.91 Å². The highest BCUT2D eigenvalue weighted by atomic mass is 16.5. The highest BCUT2D eigenvalue weighted by molar-refractivity contribution is 5.80. The summed E-state index contributed by atoms with van der Waals surface area (Å²) in [4.78, 5) is 14.5. The molecule has 1 aliphatic heterocycles. The van der Waals surface area contributed by atoms with Crippen LogP contribution in [0.4, 0.5) is 0 Å². The van der Waals surface area contributed by atoms with Crippen LogP contribution in [-0.2, 0) is 22.7 Å². The lowest BCUT2D eigenvalue weighted by molar-refractivity contribution is -0.131. The Hall–Kier alpha value is -2.17. The van der Waals surface area contributed by atoms with Crippen molar-refractivity contribution >= 4 is 5.91 Å². The summed E-state index contributed by atoms with van der Waals surface area (Å²) in [6.07, 6.45) is 1.000. The van der Waals surface area contributed by atoms with Crippen molar-refractivity contribution in [2.45, 2.75) is 57.6 Å². The maximum absolute atomic E-state index is 12.7. The molecule has 3 atom stereocenters. The van der Waals surface area contributed by atoms with Crippen LogP contribution in [0.5, 0.6) is 0 Å². The number of carbonyl (C=O) groups is 1. The zero-order valence-corrected chi connectivity index (χ0v) is 15.3. The van der Waals surface area contributed by atoms with Crippen molar-refractivity contribution in [2.75, 3.05) is 0 Å². The number of ether oxygens (including phenoxy) is 1. The van der Waals surface area contributed by atoms with Crippen LogP contribution in [0.1, 0.15) is 37.3 Å². The molecule has 1 aliphatic rings. The molecule has 4 heteroatoms. The first-order valence-electron chi connectivity index (χ1n) is 9.36. The molecule has 1 fully saturated rings. The third-order valence-electron chi connectivity index (χ3n) is 4.92. The summed E-state index contributed by atoms with van der Waals surface area (Å²) < 4.78 is 6.08. The zero-order chi connectivity index (χ0) is 18.4. The number of likely N-dealkylation sites (tertiary alicyclic amines) is 1. The summed E-state index contributed by atoms with van der Waals surface area (Å²) in [6.45, 7) is 3.00. The molecule has 0 spiro atoms. The SMILES string of the molecule is CCC[C@@H](O)[C@@H]1[C@@H](OCc2ccccc2)CC(=O)N1Cc1ccccc1. The summed E-state index contributed by atoms with van der Waals surface area (Å²) >= 11 is 0. The molecule has 138 valence electrons. The second kappa shape index (κ2) is 8.97. The molecule has 4 nitrogen and oxygen atoms in total. The van der Waals surface area contributed by atoms with Crippen LogP contribution in [0.3, 0.4) is 0 Å². The van der Waals surface area contributed by atoms with Gasteiger partial charge in [-0.1, -0.05) is 74.0 Å². The molecule has 26 heavy (non-hydrogen) atoms. The molecule has 1 N–H and O–H groups in total. The Kier molecular flexibility index (Phi) is 6.42. The van der Waals surface area contributed by atoms with E-state index in [2.05, 4.69) is 0 Å². The number of nitrogens with zero attached hydrogens (tertiary/aromatic N) is 1. The molecule has 0 unspecified atom stereocenters. The molecule has 0 saturated carbocycles. The Bertz CT molecular complexity index is 689. The van der Waals surface area contributed by atoms with Crippen molar-refractivity contribution in [3.8, 4) is 0 Å². The Morgan fingerprint density at radius 3 is 2.31 bits per heavy atom. The smallest absolute Gasteiger partial charge is 0.226 e. The van der Waals surface area contributed by atoms with Gasteiger partial charge in [0.25, 0.3) is 0 Å². The van der Waals surface area contributed by atoms with Gasteiger partial charge < -0.3 is 14.7 Å². The zero-order valence-electron chi connectivity index (χ0n) is 15.3. The van der Waals surface area contributed by atoms with Gasteiger partial charge in [0, 0.05) is 6.54 Å². The van der Waals surface area contributed by atoms with Crippen molar-refractivity contribution in [1.82, 2.24) is 4.90 Å². The minimum atomic E-state index is -0.573. The van der Waals surface area contributed by atoms with Gasteiger partial charge in [0.05, 0.1) is 31.3 Å². The summed E-state index contributed by atoms with van der Waals surface area (Å²) in [7, 11) is 0. The van der Waals surface area contributed by atoms with E-state index < -0.39 is 6.10 Å². The van der Waals surface area contributed by atoms with Gasteiger partial charge in [-0.25, -0.2) is 0 Å². The van der Waals surface area contributed by atoms with E-state index in [1.54, 1.807) is 4.90 Å². The fourth-order valence-electron chi connectivity index (χ4n) is 3.61. The number of aliphatic hydroxyl groups is 1. The largest absolute Gasteiger partial charge is 0.391 e. The monoisotopic (exact) mass is 353 g/mol. The average molecular weight is 353 g/mol. The lowest BCUT2D eigenvalue weighted by Gasteiger charge is -2.32. The van der Waals surface area contributed by atoms with E-state index in [0.717, 1.165) is 17.5 Å². The second-order valence-corrected chi connectivity index (χ2v) is 6.89. The Morgan fingerprint density at radius 2 is 1.69 bits per heavy atom. The Balaban J connectivity index is 1.74. The molecule has 2 aromatic rings. The number of aliphatic hydroxyl groups excluding tert-OH is 1. The standard InChI is InChI=1S/C22H27NO3/c1-2-9-19(24)22-20(26-16-18-12-7-4-8-13-18)14-21(25)23(22)15-17-10-5-3-6-11-17/h3-8,10-13,19-20,22,24H,2,9,14-16H2,1H3/t19-,20+,22-/m1/s1. The number of hydrogen-bond acceptors (Lipinski definition) is 3. The number of amides is 1. The first-order valence-corrected chi connectivity index (χ1v) is 9.36. The fraction of sp³-hybridized carbons (Fsp3) is 0.409. The summed E-state index contributed by atoms with van der Waals surface area (Å²) in [5, 5.41) is 10.7. The maximum Gasteiger partial charge on any atom is 0.226 e. The molecule has 1 amide bonds. The van der Waals surface area contributed by atoms with E-state index in [4.69, 9.17) is 4.74 Å². The number of carbonyl (C=O) groups excluding carboxylic acids is 1. The Morgan fingerprint density at radius 1 is 1.08 bits per heavy atom. The number of benzene rings is 2. The molecule has 3 rings (SSSR count). The van der Waals surface area contributed by atoms with Crippen molar-refractivity contribution < 1.29 is 14.6 Å². The quantitative estimate of drug-likeness (QED) is 0.790. The average Bonchev–Trinajstić information content (AvgIpc) is 2.97. The van der Waals surface area contributed by atoms with Crippen molar-refractivity contribution in [2.24, 2.45) is 0 Å². The van der Waals surface area contributed by atoms with Crippen LogP contribution in [0.15, 0.2) is 60.7 Å². The molecule has 1 heterocycles. The minimum Gasteiger partial charge on any atom is -0.391 e. The minimum absolute atomic E-state index is 0.0482. The predicted molar refractivity (Wildman–Crippen MR) is 101 cm³/mol. The molecule has 0 aliphatic carbocycles. The van der Waals surface area contributed by atoms with Crippen molar-refractivity contribution in [3.63, 3.8) is 0 Å². The van der Waals surface area contributed by atoms with E-state index >= 15 is 0 Å². The van der Waals surface area contributed by atoms with Gasteiger partial charge in [-0.3, -0.25) is 4.79 Å². The van der Waals surface area contributed by atoms with Gasteiger partial charge in [0.1, 0.15) is 0 Å². The third kappa shape index (κ3) is 4.51. The lowest BCUT2D eigenvalue weighted by Crippen LogP contribution is -2.46. The topological polar surface area (TPSA) is 49.8 Å². The molecule has 1 saturated heterocycles. The first kappa shape index (κ1) is 18.6. The van der Waals surface area contributed by atoms with E-state index in [-0.39, 0.29) is 18.1 Å². The summed E-state index contributed by atoms with van der Waals surface area (Å²) in [5.41, 5.74) is 2.14. The van der Waals surface area contributed by atoms with E-state index in [0.29, 0.717) is 26.0 Å². The van der Waals surface area contributed by atoms with Crippen LogP contribution < -0.4 is 0 Å². The molecular weight excluding hydrogens is 326 g/mol. The van der Waals surface area contributed by atoms with Gasteiger partial charge in [-0.05, 0) is 17.5 Å². The maximum atomic E-state index is 12.7. The normalized spacial score (nSPS) is 21.2. The highest BCUT2D eigenvalue weighted by Gasteiger charge is 2.44. The van der Waals surface area contributed by atoms with Crippen LogP contribution >= 0.6 is 0 Å². The molecular formula is C22H27NO3. The van der Waals surface area contributed by atoms with E-state index in [1.807, 2.05) is 67.6 Å². The number of rotatable bonds is 8. The van der Waals surface area contributed by atoms with Crippen LogP contribution in [0, 0.1) is 0 Å². The van der Waals surface area contributed by atoms with E-state index in [9.17, 15) is 9.90 Å². The van der Waals surface area contributed by atoms with Crippen molar-refractivity contribution in [3.05, 3.63) is 71.8 Å². The van der Waals surface area contributed by atoms with E-state index in [1.165, 1.54) is 0 Å². The fourth-order valence-corrected chi connectivity index (χ4v) is 3.61. The number of hydrogen-bond donors (Lipinski definition) is 1. The lowest BCUT2D eigenvalue weighted by atomic mass is 10.0. The van der Waals surface area contributed by atoms with Gasteiger partial charge in [-0.2, -0.15) is 0 Å². The first-order chi connectivity index (χ1) is 12.7. The predicted octanol–water partition coefficient (Wildman–Crippen LogP) is 3.53.